The average molecular weight is 188 g/mol. The SMILES string of the molecule is CON1C(=O)N(CO)C(=O)C1(C)C. The molecule has 0 bridgehead atoms. The first-order valence-corrected chi connectivity index (χ1v) is 3.78. The van der Waals surface area contributed by atoms with Gasteiger partial charge in [-0.25, -0.2) is 9.69 Å². The first kappa shape index (κ1) is 9.94. The zero-order chi connectivity index (χ0) is 10.2. The lowest BCUT2D eigenvalue weighted by atomic mass is 10.1. The molecule has 6 heteroatoms. The molecule has 1 aliphatic heterocycles. The van der Waals surface area contributed by atoms with Gasteiger partial charge in [0.15, 0.2) is 0 Å². The van der Waals surface area contributed by atoms with E-state index in [-0.39, 0.29) is 0 Å². The molecule has 13 heavy (non-hydrogen) atoms. The summed E-state index contributed by atoms with van der Waals surface area (Å²) in [4.78, 5) is 28.3. The van der Waals surface area contributed by atoms with E-state index >= 15 is 0 Å². The van der Waals surface area contributed by atoms with Crippen LogP contribution in [-0.4, -0.2) is 46.4 Å². The second-order valence-electron chi connectivity index (χ2n) is 3.19. The Balaban J connectivity index is 3.03. The number of carbonyl (C=O) groups excluding carboxylic acids is 2. The van der Waals surface area contributed by atoms with Gasteiger partial charge < -0.3 is 5.11 Å². The number of amides is 3. The minimum Gasteiger partial charge on any atom is -0.376 e. The van der Waals surface area contributed by atoms with E-state index in [1.54, 1.807) is 13.8 Å². The van der Waals surface area contributed by atoms with Gasteiger partial charge >= 0.3 is 6.03 Å². The van der Waals surface area contributed by atoms with E-state index in [0.717, 1.165) is 9.96 Å². The predicted molar refractivity (Wildman–Crippen MR) is 42.3 cm³/mol. The molecule has 1 rings (SSSR count). The fourth-order valence-electron chi connectivity index (χ4n) is 1.28. The van der Waals surface area contributed by atoms with E-state index in [0.29, 0.717) is 0 Å². The molecule has 1 saturated heterocycles. The van der Waals surface area contributed by atoms with Crippen LogP contribution in [0.5, 0.6) is 0 Å². The van der Waals surface area contributed by atoms with E-state index in [9.17, 15) is 9.59 Å². The average Bonchev–Trinajstić information content (AvgIpc) is 2.20. The van der Waals surface area contributed by atoms with Crippen molar-refractivity contribution in [3.05, 3.63) is 0 Å². The Bertz CT molecular complexity index is 251. The van der Waals surface area contributed by atoms with Crippen LogP contribution in [0.25, 0.3) is 0 Å². The third-order valence-electron chi connectivity index (χ3n) is 2.00. The number of aliphatic hydroxyl groups is 1. The first-order chi connectivity index (χ1) is 5.96. The van der Waals surface area contributed by atoms with Gasteiger partial charge in [0.05, 0.1) is 7.11 Å². The molecule has 1 heterocycles. The number of nitrogens with zero attached hydrogens (tertiary/aromatic N) is 2. The Labute approximate surface area is 75.6 Å². The molecule has 1 aliphatic rings. The smallest absolute Gasteiger partial charge is 0.353 e. The Morgan fingerprint density at radius 1 is 1.46 bits per heavy atom. The van der Waals surface area contributed by atoms with Crippen molar-refractivity contribution in [1.82, 2.24) is 9.96 Å². The van der Waals surface area contributed by atoms with Crippen molar-refractivity contribution in [3.8, 4) is 0 Å². The van der Waals surface area contributed by atoms with Gasteiger partial charge in [0.25, 0.3) is 5.91 Å². The summed E-state index contributed by atoms with van der Waals surface area (Å²) in [5, 5.41) is 9.69. The largest absolute Gasteiger partial charge is 0.376 e. The highest BCUT2D eigenvalue weighted by Gasteiger charge is 2.52. The number of imide groups is 1. The third-order valence-corrected chi connectivity index (χ3v) is 2.00. The Morgan fingerprint density at radius 3 is 2.23 bits per heavy atom. The molecule has 3 amide bonds. The maximum absolute atomic E-state index is 11.5. The molecule has 0 aliphatic carbocycles. The standard InChI is InChI=1S/C7H12N2O4/c1-7(2)5(11)8(4-10)6(12)9(7)13-3/h10H,4H2,1-3H3. The predicted octanol–water partition coefficient (Wildman–Crippen LogP) is -0.460. The summed E-state index contributed by atoms with van der Waals surface area (Å²) in [6.07, 6.45) is 0. The lowest BCUT2D eigenvalue weighted by Crippen LogP contribution is -2.43. The highest BCUT2D eigenvalue weighted by molar-refractivity contribution is 6.05. The number of hydrogen-bond donors (Lipinski definition) is 1. The van der Waals surface area contributed by atoms with E-state index in [4.69, 9.17) is 9.94 Å². The lowest BCUT2D eigenvalue weighted by Gasteiger charge is -2.24. The molecule has 0 aromatic rings. The van der Waals surface area contributed by atoms with Crippen molar-refractivity contribution in [2.45, 2.75) is 19.4 Å². The van der Waals surface area contributed by atoms with Crippen molar-refractivity contribution < 1.29 is 19.5 Å². The van der Waals surface area contributed by atoms with Crippen LogP contribution in [0.3, 0.4) is 0 Å². The molecule has 0 spiro atoms. The fraction of sp³-hybridized carbons (Fsp3) is 0.714. The van der Waals surface area contributed by atoms with Crippen LogP contribution in [-0.2, 0) is 9.63 Å². The topological polar surface area (TPSA) is 70.1 Å². The van der Waals surface area contributed by atoms with Crippen LogP contribution in [0.1, 0.15) is 13.8 Å². The molecule has 0 unspecified atom stereocenters. The van der Waals surface area contributed by atoms with Gasteiger partial charge in [0.1, 0.15) is 12.3 Å². The molecular formula is C7H12N2O4. The second kappa shape index (κ2) is 2.97. The van der Waals surface area contributed by atoms with Gasteiger partial charge in [-0.2, -0.15) is 5.06 Å². The molecular weight excluding hydrogens is 176 g/mol. The summed E-state index contributed by atoms with van der Waals surface area (Å²) in [6.45, 7) is 2.47. The number of carbonyl (C=O) groups is 2. The highest BCUT2D eigenvalue weighted by atomic mass is 16.7. The number of rotatable bonds is 2. The Hall–Kier alpha value is -1.14. The van der Waals surface area contributed by atoms with E-state index < -0.39 is 24.2 Å². The van der Waals surface area contributed by atoms with Gasteiger partial charge in [-0.15, -0.1) is 0 Å². The van der Waals surface area contributed by atoms with Crippen LogP contribution in [0.4, 0.5) is 4.79 Å². The summed E-state index contributed by atoms with van der Waals surface area (Å²) >= 11 is 0. The normalized spacial score (nSPS) is 21.5. The van der Waals surface area contributed by atoms with Crippen LogP contribution in [0.15, 0.2) is 0 Å². The third kappa shape index (κ3) is 1.18. The van der Waals surface area contributed by atoms with Crippen molar-refractivity contribution in [3.63, 3.8) is 0 Å². The quantitative estimate of drug-likeness (QED) is 0.595. The number of urea groups is 1. The molecule has 0 atom stereocenters. The van der Waals surface area contributed by atoms with Crippen LogP contribution in [0, 0.1) is 0 Å². The molecule has 1 fully saturated rings. The maximum atomic E-state index is 11.5. The minimum absolute atomic E-state index is 0.471. The summed E-state index contributed by atoms with van der Waals surface area (Å²) in [7, 11) is 1.30. The summed E-state index contributed by atoms with van der Waals surface area (Å²) < 4.78 is 0. The van der Waals surface area contributed by atoms with Crippen LogP contribution < -0.4 is 0 Å². The zero-order valence-electron chi connectivity index (χ0n) is 7.77. The second-order valence-corrected chi connectivity index (χ2v) is 3.19. The molecule has 0 aromatic heterocycles. The summed E-state index contributed by atoms with van der Waals surface area (Å²) in [6, 6.07) is -0.639. The molecule has 0 radical (unpaired) electrons. The van der Waals surface area contributed by atoms with E-state index in [2.05, 4.69) is 0 Å². The van der Waals surface area contributed by atoms with Gasteiger partial charge in [0, 0.05) is 0 Å². The van der Waals surface area contributed by atoms with Crippen molar-refractivity contribution in [1.29, 1.82) is 0 Å². The Morgan fingerprint density at radius 2 is 2.00 bits per heavy atom. The Kier molecular flexibility index (Phi) is 2.27. The van der Waals surface area contributed by atoms with E-state index in [1.165, 1.54) is 7.11 Å². The number of aliphatic hydroxyl groups excluding tert-OH is 1. The maximum Gasteiger partial charge on any atom is 0.353 e. The first-order valence-electron chi connectivity index (χ1n) is 3.78. The fourth-order valence-corrected chi connectivity index (χ4v) is 1.28. The number of hydroxylamine groups is 2. The molecule has 6 nitrogen and oxygen atoms in total. The summed E-state index contributed by atoms with van der Waals surface area (Å²) in [5.41, 5.74) is -1.05. The molecule has 0 saturated carbocycles. The molecule has 74 valence electrons. The summed E-state index contributed by atoms with van der Waals surface area (Å²) in [5.74, 6) is -0.471. The van der Waals surface area contributed by atoms with Crippen LogP contribution >= 0.6 is 0 Å². The highest BCUT2D eigenvalue weighted by Crippen LogP contribution is 2.26. The lowest BCUT2D eigenvalue weighted by molar-refractivity contribution is -0.153. The van der Waals surface area contributed by atoms with Gasteiger partial charge in [-0.1, -0.05) is 0 Å². The van der Waals surface area contributed by atoms with Crippen molar-refractivity contribution in [2.75, 3.05) is 13.8 Å². The minimum atomic E-state index is -1.05. The van der Waals surface area contributed by atoms with Crippen molar-refractivity contribution >= 4 is 11.9 Å². The molecule has 0 aromatic carbocycles. The van der Waals surface area contributed by atoms with Gasteiger partial charge in [-0.3, -0.25) is 9.63 Å². The van der Waals surface area contributed by atoms with Gasteiger partial charge in [-0.05, 0) is 13.8 Å². The van der Waals surface area contributed by atoms with E-state index in [1.807, 2.05) is 0 Å². The zero-order valence-corrected chi connectivity index (χ0v) is 7.77. The molecule has 1 N–H and O–H groups in total. The monoisotopic (exact) mass is 188 g/mol. The van der Waals surface area contributed by atoms with Gasteiger partial charge in [0.2, 0.25) is 0 Å². The van der Waals surface area contributed by atoms with Crippen LogP contribution in [0.2, 0.25) is 0 Å². The van der Waals surface area contributed by atoms with Crippen molar-refractivity contribution in [2.24, 2.45) is 0 Å². The number of hydrogen-bond acceptors (Lipinski definition) is 4.